The normalized spacial score (nSPS) is 16.3. The molecule has 0 amide bonds. The summed E-state index contributed by atoms with van der Waals surface area (Å²) in [6, 6.07) is 7.12. The summed E-state index contributed by atoms with van der Waals surface area (Å²) in [4.78, 5) is 2.40. The maximum absolute atomic E-state index is 12.3. The Hall–Kier alpha value is -1.33. The lowest BCUT2D eigenvalue weighted by molar-refractivity contribution is 0.190. The van der Waals surface area contributed by atoms with Crippen LogP contribution in [0.5, 0.6) is 0 Å². The third-order valence-corrected chi connectivity index (χ3v) is 5.10. The molecule has 1 heterocycles. The van der Waals surface area contributed by atoms with Crippen molar-refractivity contribution in [1.82, 2.24) is 9.62 Å². The standard InChI is InChI=1S/C15H22N2O2S/c1-11(2)13-6-5-7-15(8-13)20(18,19)16-14-9-17(10-14)12(3)4/h5-8,11,14,16H,3,9-10H2,1-2,4H3. The second-order valence-corrected chi connectivity index (χ2v) is 7.40. The van der Waals surface area contributed by atoms with Gasteiger partial charge in [0.05, 0.1) is 10.9 Å². The number of allylic oxidation sites excluding steroid dienone is 1. The predicted octanol–water partition coefficient (Wildman–Crippen LogP) is 2.31. The van der Waals surface area contributed by atoms with Gasteiger partial charge in [0, 0.05) is 18.8 Å². The summed E-state index contributed by atoms with van der Waals surface area (Å²) in [7, 11) is -3.43. The molecule has 110 valence electrons. The van der Waals surface area contributed by atoms with Gasteiger partial charge < -0.3 is 4.90 Å². The Morgan fingerprint density at radius 1 is 1.40 bits per heavy atom. The zero-order chi connectivity index (χ0) is 14.9. The molecule has 4 nitrogen and oxygen atoms in total. The van der Waals surface area contributed by atoms with Crippen LogP contribution >= 0.6 is 0 Å². The fraction of sp³-hybridized carbons (Fsp3) is 0.467. The number of hydrogen-bond acceptors (Lipinski definition) is 3. The lowest BCUT2D eigenvalue weighted by Gasteiger charge is -2.41. The van der Waals surface area contributed by atoms with Gasteiger partial charge in [0.15, 0.2) is 0 Å². The van der Waals surface area contributed by atoms with Crippen molar-refractivity contribution in [2.45, 2.75) is 37.6 Å². The summed E-state index contributed by atoms with van der Waals surface area (Å²) in [5.41, 5.74) is 2.01. The Kier molecular flexibility index (Phi) is 4.20. The molecule has 1 aliphatic heterocycles. The van der Waals surface area contributed by atoms with Crippen molar-refractivity contribution in [3.05, 3.63) is 42.1 Å². The maximum atomic E-state index is 12.3. The SMILES string of the molecule is C=C(C)N1CC(NS(=O)(=O)c2cccc(C(C)C)c2)C1. The lowest BCUT2D eigenvalue weighted by Crippen LogP contribution is -2.58. The number of hydrogen-bond donors (Lipinski definition) is 1. The molecule has 0 atom stereocenters. The highest BCUT2D eigenvalue weighted by Gasteiger charge is 2.30. The van der Waals surface area contributed by atoms with E-state index in [1.165, 1.54) is 0 Å². The van der Waals surface area contributed by atoms with Crippen molar-refractivity contribution in [2.24, 2.45) is 0 Å². The van der Waals surface area contributed by atoms with Crippen LogP contribution in [0.2, 0.25) is 0 Å². The van der Waals surface area contributed by atoms with Gasteiger partial charge in [-0.05, 0) is 30.5 Å². The zero-order valence-electron chi connectivity index (χ0n) is 12.3. The van der Waals surface area contributed by atoms with E-state index in [-0.39, 0.29) is 6.04 Å². The molecule has 0 aromatic heterocycles. The van der Waals surface area contributed by atoms with Gasteiger partial charge in [-0.25, -0.2) is 13.1 Å². The molecule has 0 saturated carbocycles. The third-order valence-electron chi connectivity index (χ3n) is 3.58. The molecule has 20 heavy (non-hydrogen) atoms. The minimum atomic E-state index is -3.43. The number of rotatable bonds is 5. The Balaban J connectivity index is 2.08. The second kappa shape index (κ2) is 5.58. The largest absolute Gasteiger partial charge is 0.372 e. The van der Waals surface area contributed by atoms with Crippen molar-refractivity contribution in [2.75, 3.05) is 13.1 Å². The highest BCUT2D eigenvalue weighted by molar-refractivity contribution is 7.89. The average molecular weight is 294 g/mol. The smallest absolute Gasteiger partial charge is 0.240 e. The molecule has 0 bridgehead atoms. The van der Waals surface area contributed by atoms with Crippen LogP contribution < -0.4 is 4.72 Å². The minimum Gasteiger partial charge on any atom is -0.372 e. The van der Waals surface area contributed by atoms with E-state index in [9.17, 15) is 8.42 Å². The Labute approximate surface area is 121 Å². The molecular formula is C15H22N2O2S. The molecule has 1 fully saturated rings. The fourth-order valence-corrected chi connectivity index (χ4v) is 3.47. The number of nitrogens with zero attached hydrogens (tertiary/aromatic N) is 1. The van der Waals surface area contributed by atoms with Crippen LogP contribution in [0.1, 0.15) is 32.3 Å². The highest BCUT2D eigenvalue weighted by Crippen LogP contribution is 2.20. The first kappa shape index (κ1) is 15.1. The third kappa shape index (κ3) is 3.22. The van der Waals surface area contributed by atoms with Crippen molar-refractivity contribution >= 4 is 10.0 Å². The first-order valence-electron chi connectivity index (χ1n) is 6.82. The predicted molar refractivity (Wildman–Crippen MR) is 81.0 cm³/mol. The van der Waals surface area contributed by atoms with Crippen molar-refractivity contribution in [3.63, 3.8) is 0 Å². The Bertz CT molecular complexity index is 602. The summed E-state index contributed by atoms with van der Waals surface area (Å²) in [6.45, 7) is 11.3. The average Bonchev–Trinajstić information content (AvgIpc) is 2.33. The molecular weight excluding hydrogens is 272 g/mol. The number of nitrogens with one attached hydrogen (secondary N) is 1. The first-order valence-corrected chi connectivity index (χ1v) is 8.30. The van der Waals surface area contributed by atoms with E-state index in [4.69, 9.17) is 0 Å². The van der Waals surface area contributed by atoms with Crippen LogP contribution in [0, 0.1) is 0 Å². The van der Waals surface area contributed by atoms with Gasteiger partial charge >= 0.3 is 0 Å². The molecule has 5 heteroatoms. The summed E-state index contributed by atoms with van der Waals surface area (Å²) in [6.07, 6.45) is 0. The van der Waals surface area contributed by atoms with E-state index in [1.807, 2.05) is 13.0 Å². The van der Waals surface area contributed by atoms with E-state index in [1.54, 1.807) is 18.2 Å². The van der Waals surface area contributed by atoms with Gasteiger partial charge in [0.2, 0.25) is 10.0 Å². The van der Waals surface area contributed by atoms with E-state index in [0.29, 0.717) is 23.9 Å². The monoisotopic (exact) mass is 294 g/mol. The van der Waals surface area contributed by atoms with Crippen LogP contribution in [0.15, 0.2) is 41.4 Å². The Morgan fingerprint density at radius 2 is 2.05 bits per heavy atom. The van der Waals surface area contributed by atoms with Gasteiger partial charge in [-0.3, -0.25) is 0 Å². The second-order valence-electron chi connectivity index (χ2n) is 5.69. The van der Waals surface area contributed by atoms with Crippen LogP contribution in [0.3, 0.4) is 0 Å². The first-order chi connectivity index (χ1) is 9.29. The van der Waals surface area contributed by atoms with E-state index in [2.05, 4.69) is 30.0 Å². The summed E-state index contributed by atoms with van der Waals surface area (Å²) in [5, 5.41) is 0. The highest BCUT2D eigenvalue weighted by atomic mass is 32.2. The quantitative estimate of drug-likeness (QED) is 0.906. The molecule has 0 radical (unpaired) electrons. The van der Waals surface area contributed by atoms with E-state index < -0.39 is 10.0 Å². The maximum Gasteiger partial charge on any atom is 0.240 e. The molecule has 1 aromatic carbocycles. The van der Waals surface area contributed by atoms with E-state index in [0.717, 1.165) is 11.3 Å². The van der Waals surface area contributed by atoms with Gasteiger partial charge in [-0.2, -0.15) is 0 Å². The van der Waals surface area contributed by atoms with Gasteiger partial charge in [0.25, 0.3) is 0 Å². The molecule has 0 spiro atoms. The molecule has 1 aromatic rings. The van der Waals surface area contributed by atoms with Gasteiger partial charge in [0.1, 0.15) is 0 Å². The number of benzene rings is 1. The zero-order valence-corrected chi connectivity index (χ0v) is 13.1. The van der Waals surface area contributed by atoms with Gasteiger partial charge in [-0.15, -0.1) is 0 Å². The Morgan fingerprint density at radius 3 is 2.60 bits per heavy atom. The van der Waals surface area contributed by atoms with Crippen LogP contribution in [0.25, 0.3) is 0 Å². The molecule has 0 unspecified atom stereocenters. The van der Waals surface area contributed by atoms with E-state index >= 15 is 0 Å². The molecule has 1 saturated heterocycles. The molecule has 0 aliphatic carbocycles. The summed E-state index contributed by atoms with van der Waals surface area (Å²) < 4.78 is 27.4. The molecule has 1 N–H and O–H groups in total. The van der Waals surface area contributed by atoms with Crippen molar-refractivity contribution in [1.29, 1.82) is 0 Å². The van der Waals surface area contributed by atoms with Crippen LogP contribution in [0.4, 0.5) is 0 Å². The summed E-state index contributed by atoms with van der Waals surface area (Å²) >= 11 is 0. The number of likely N-dealkylation sites (tertiary alicyclic amines) is 1. The van der Waals surface area contributed by atoms with Gasteiger partial charge in [-0.1, -0.05) is 32.6 Å². The molecule has 2 rings (SSSR count). The van der Waals surface area contributed by atoms with Crippen molar-refractivity contribution < 1.29 is 8.42 Å². The summed E-state index contributed by atoms with van der Waals surface area (Å²) in [5.74, 6) is 0.313. The number of sulfonamides is 1. The van der Waals surface area contributed by atoms with Crippen LogP contribution in [-0.2, 0) is 10.0 Å². The lowest BCUT2D eigenvalue weighted by atomic mass is 10.0. The minimum absolute atomic E-state index is 0.0283. The fourth-order valence-electron chi connectivity index (χ4n) is 2.19. The van der Waals surface area contributed by atoms with Crippen molar-refractivity contribution in [3.8, 4) is 0 Å². The van der Waals surface area contributed by atoms with Crippen LogP contribution in [-0.4, -0.2) is 32.4 Å². The topological polar surface area (TPSA) is 49.4 Å². The molecule has 1 aliphatic rings.